The van der Waals surface area contributed by atoms with Crippen LogP contribution in [0.15, 0.2) is 122 Å². The third-order valence-electron chi connectivity index (χ3n) is 8.03. The number of esters is 3. The van der Waals surface area contributed by atoms with Crippen molar-refractivity contribution < 1.29 is 28.6 Å². The van der Waals surface area contributed by atoms with Gasteiger partial charge < -0.3 is 14.2 Å². The summed E-state index contributed by atoms with van der Waals surface area (Å²) in [5.74, 6) is -1.24. The van der Waals surface area contributed by atoms with Crippen molar-refractivity contribution in [2.45, 2.75) is 155 Å². The number of hydrogen-bond donors (Lipinski definition) is 0. The van der Waals surface area contributed by atoms with Crippen LogP contribution in [0.1, 0.15) is 149 Å². The SMILES string of the molecule is CC/C=C\C/C=C\C/C=C\C/C=C\C/C=C\CC(=O)OCC(COC(=O)CCCCCCCCC)OC(=O)C/C=C\C/C=C\C/C=C\C/C=C\C/C=C\CC. The molecule has 0 aromatic rings. The summed E-state index contributed by atoms with van der Waals surface area (Å²) in [5.41, 5.74) is 0. The largest absolute Gasteiger partial charge is 0.462 e. The summed E-state index contributed by atoms with van der Waals surface area (Å²) in [5, 5.41) is 0. The van der Waals surface area contributed by atoms with E-state index in [2.05, 4.69) is 118 Å². The van der Waals surface area contributed by atoms with E-state index in [0.717, 1.165) is 77.0 Å². The summed E-state index contributed by atoms with van der Waals surface area (Å²) in [4.78, 5) is 37.4. The first kappa shape index (κ1) is 50.8. The van der Waals surface area contributed by atoms with Gasteiger partial charge in [0.15, 0.2) is 6.10 Å². The van der Waals surface area contributed by atoms with Crippen molar-refractivity contribution in [3.63, 3.8) is 0 Å². The number of allylic oxidation sites excluding steroid dienone is 18. The monoisotopic (exact) mass is 759 g/mol. The van der Waals surface area contributed by atoms with E-state index < -0.39 is 18.0 Å². The van der Waals surface area contributed by atoms with Gasteiger partial charge in [-0.25, -0.2) is 0 Å². The van der Waals surface area contributed by atoms with Gasteiger partial charge in [-0.3, -0.25) is 14.4 Å². The fourth-order valence-corrected chi connectivity index (χ4v) is 4.94. The smallest absolute Gasteiger partial charge is 0.310 e. The first-order chi connectivity index (χ1) is 27.0. The quantitative estimate of drug-likeness (QED) is 0.0277. The van der Waals surface area contributed by atoms with Crippen molar-refractivity contribution in [1.29, 1.82) is 0 Å². The molecular weight excluding hydrogens is 685 g/mol. The van der Waals surface area contributed by atoms with Crippen LogP contribution in [0.4, 0.5) is 0 Å². The maximum atomic E-state index is 12.6. The molecule has 6 nitrogen and oxygen atoms in total. The highest BCUT2D eigenvalue weighted by atomic mass is 16.6. The Morgan fingerprint density at radius 2 is 0.709 bits per heavy atom. The van der Waals surface area contributed by atoms with E-state index in [1.54, 1.807) is 12.2 Å². The second kappa shape index (κ2) is 42.6. The Hall–Kier alpha value is -4.19. The van der Waals surface area contributed by atoms with Gasteiger partial charge in [-0.1, -0.05) is 181 Å². The fourth-order valence-electron chi connectivity index (χ4n) is 4.94. The van der Waals surface area contributed by atoms with Gasteiger partial charge in [0.05, 0.1) is 12.8 Å². The van der Waals surface area contributed by atoms with E-state index in [9.17, 15) is 14.4 Å². The molecule has 0 amide bonds. The molecule has 0 aliphatic carbocycles. The lowest BCUT2D eigenvalue weighted by molar-refractivity contribution is -0.166. The van der Waals surface area contributed by atoms with Gasteiger partial charge in [0.1, 0.15) is 13.2 Å². The molecule has 0 aromatic carbocycles. The summed E-state index contributed by atoms with van der Waals surface area (Å²) < 4.78 is 16.4. The number of carbonyl (C=O) groups excluding carboxylic acids is 3. The fraction of sp³-hybridized carbons (Fsp3) is 0.531. The standard InChI is InChI=1S/C49H74O6/c1-4-7-10-13-16-18-20-22-24-26-28-30-33-36-39-42-48(51)54-45-46(44-53-47(50)41-38-35-32-15-12-9-6-3)55-49(52)43-40-37-34-31-29-27-25-23-21-19-17-14-11-8-5-2/h7-8,10-11,16-19,22-25,28-31,36-37,39-40,46H,4-6,9,12-15,20-21,26-27,32-35,38,41-45H2,1-3H3/b10-7-,11-8-,18-16-,19-17-,24-22-,25-23-,30-28-,31-29-,39-36-,40-37-. The number of hydrogen-bond acceptors (Lipinski definition) is 6. The lowest BCUT2D eigenvalue weighted by Crippen LogP contribution is -2.30. The van der Waals surface area contributed by atoms with Crippen LogP contribution in [0, 0.1) is 0 Å². The van der Waals surface area contributed by atoms with Crippen molar-refractivity contribution in [2.24, 2.45) is 0 Å². The maximum Gasteiger partial charge on any atom is 0.310 e. The Kier molecular flexibility index (Phi) is 39.3. The third-order valence-corrected chi connectivity index (χ3v) is 8.03. The van der Waals surface area contributed by atoms with Crippen molar-refractivity contribution >= 4 is 17.9 Å². The zero-order chi connectivity index (χ0) is 40.1. The molecule has 0 radical (unpaired) electrons. The van der Waals surface area contributed by atoms with Crippen LogP contribution in [0.3, 0.4) is 0 Å². The minimum Gasteiger partial charge on any atom is -0.462 e. The molecule has 0 aliphatic heterocycles. The number of unbranched alkanes of at least 4 members (excludes halogenated alkanes) is 6. The molecule has 1 atom stereocenters. The Bertz CT molecular complexity index is 1240. The highest BCUT2D eigenvalue weighted by Gasteiger charge is 2.19. The lowest BCUT2D eigenvalue weighted by atomic mass is 10.1. The molecule has 0 fully saturated rings. The van der Waals surface area contributed by atoms with Crippen molar-refractivity contribution in [3.8, 4) is 0 Å². The molecule has 0 rings (SSSR count). The molecule has 0 saturated heterocycles. The zero-order valence-electron chi connectivity index (χ0n) is 34.6. The Balaban J connectivity index is 4.65. The van der Waals surface area contributed by atoms with Crippen LogP contribution in [-0.2, 0) is 28.6 Å². The molecule has 1 unspecified atom stereocenters. The van der Waals surface area contributed by atoms with Gasteiger partial charge in [0.2, 0.25) is 0 Å². The normalized spacial score (nSPS) is 13.3. The minimum absolute atomic E-state index is 0.0734. The second-order valence-electron chi connectivity index (χ2n) is 13.2. The van der Waals surface area contributed by atoms with Gasteiger partial charge >= 0.3 is 17.9 Å². The molecule has 0 aromatic heterocycles. The Morgan fingerprint density at radius 3 is 1.11 bits per heavy atom. The van der Waals surface area contributed by atoms with E-state index in [1.165, 1.54) is 25.7 Å². The van der Waals surface area contributed by atoms with Crippen LogP contribution in [-0.4, -0.2) is 37.2 Å². The lowest BCUT2D eigenvalue weighted by Gasteiger charge is -2.17. The second-order valence-corrected chi connectivity index (χ2v) is 13.2. The predicted molar refractivity (Wildman–Crippen MR) is 233 cm³/mol. The number of rotatable bonds is 35. The van der Waals surface area contributed by atoms with Crippen LogP contribution < -0.4 is 0 Å². The zero-order valence-corrected chi connectivity index (χ0v) is 34.6. The molecule has 0 N–H and O–H groups in total. The molecule has 55 heavy (non-hydrogen) atoms. The van der Waals surface area contributed by atoms with Gasteiger partial charge in [-0.15, -0.1) is 0 Å². The Labute approximate surface area is 335 Å². The minimum atomic E-state index is -0.870. The molecule has 6 heteroatoms. The van der Waals surface area contributed by atoms with Crippen molar-refractivity contribution in [2.75, 3.05) is 13.2 Å². The van der Waals surface area contributed by atoms with Gasteiger partial charge in [-0.2, -0.15) is 0 Å². The summed E-state index contributed by atoms with van der Waals surface area (Å²) >= 11 is 0. The molecule has 0 bridgehead atoms. The van der Waals surface area contributed by atoms with Crippen LogP contribution in [0.2, 0.25) is 0 Å². The average molecular weight is 759 g/mol. The van der Waals surface area contributed by atoms with Crippen molar-refractivity contribution in [1.82, 2.24) is 0 Å². The molecule has 0 aliphatic rings. The average Bonchev–Trinajstić information content (AvgIpc) is 3.18. The third kappa shape index (κ3) is 40.8. The highest BCUT2D eigenvalue weighted by Crippen LogP contribution is 2.10. The van der Waals surface area contributed by atoms with E-state index in [-0.39, 0.29) is 32.0 Å². The van der Waals surface area contributed by atoms with Crippen LogP contribution in [0.5, 0.6) is 0 Å². The first-order valence-corrected chi connectivity index (χ1v) is 21.0. The van der Waals surface area contributed by atoms with E-state index >= 15 is 0 Å². The Morgan fingerprint density at radius 1 is 0.382 bits per heavy atom. The molecule has 0 saturated carbocycles. The van der Waals surface area contributed by atoms with Gasteiger partial charge in [0, 0.05) is 6.42 Å². The van der Waals surface area contributed by atoms with E-state index in [1.807, 2.05) is 12.2 Å². The van der Waals surface area contributed by atoms with Gasteiger partial charge in [0.25, 0.3) is 0 Å². The molecular formula is C49H74O6. The topological polar surface area (TPSA) is 78.9 Å². The summed E-state index contributed by atoms with van der Waals surface area (Å²) in [6.07, 6.45) is 58.1. The first-order valence-electron chi connectivity index (χ1n) is 21.0. The van der Waals surface area contributed by atoms with Crippen LogP contribution >= 0.6 is 0 Å². The van der Waals surface area contributed by atoms with E-state index in [0.29, 0.717) is 12.8 Å². The van der Waals surface area contributed by atoms with Crippen LogP contribution in [0.25, 0.3) is 0 Å². The molecule has 0 heterocycles. The summed E-state index contributed by atoms with van der Waals surface area (Å²) in [6, 6.07) is 0. The molecule has 0 spiro atoms. The predicted octanol–water partition coefficient (Wildman–Crippen LogP) is 13.4. The van der Waals surface area contributed by atoms with Gasteiger partial charge in [-0.05, 0) is 70.6 Å². The number of ether oxygens (including phenoxy) is 3. The molecule has 306 valence electrons. The van der Waals surface area contributed by atoms with Crippen molar-refractivity contribution in [3.05, 3.63) is 122 Å². The highest BCUT2D eigenvalue weighted by molar-refractivity contribution is 5.72. The number of carbonyl (C=O) groups is 3. The summed E-state index contributed by atoms with van der Waals surface area (Å²) in [6.45, 7) is 6.14. The van der Waals surface area contributed by atoms with E-state index in [4.69, 9.17) is 14.2 Å². The maximum absolute atomic E-state index is 12.6. The summed E-state index contributed by atoms with van der Waals surface area (Å²) in [7, 11) is 0.